The summed E-state index contributed by atoms with van der Waals surface area (Å²) in [6, 6.07) is 4.65. The number of nitrogens with one attached hydrogen (secondary N) is 15. The molecule has 2 heterocycles. The van der Waals surface area contributed by atoms with Crippen LogP contribution in [-0.2, 0) is 4.79 Å². The van der Waals surface area contributed by atoms with Gasteiger partial charge in [0.05, 0.1) is 31.2 Å². The van der Waals surface area contributed by atoms with E-state index in [-0.39, 0.29) is 5.91 Å². The first-order chi connectivity index (χ1) is 46.3. The summed E-state index contributed by atoms with van der Waals surface area (Å²) in [6.07, 6.45) is 19.4. The molecule has 0 aromatic rings. The molecule has 19 N–H and O–H groups in total. The maximum absolute atomic E-state index is 11.1. The van der Waals surface area contributed by atoms with Crippen molar-refractivity contribution in [1.29, 1.82) is 0 Å². The van der Waals surface area contributed by atoms with Gasteiger partial charge in [0.15, 0.2) is 32.1 Å². The summed E-state index contributed by atoms with van der Waals surface area (Å²) in [7, 11) is 0. The van der Waals surface area contributed by atoms with Crippen molar-refractivity contribution in [3.63, 3.8) is 0 Å². The Balaban J connectivity index is 1.89. The SMILES string of the molecule is CC(C)C[C@@H](CN[CH]CN1CCC[C@H]1CN[C@H](C[NH+]=CCCC(N)=O)C(C)C)NC[C@H](CC(C)C)NCC=[NH+]C[C@H](CC(C)C)NC[C@H](CC(C)C)NC[C@@H](NCC=[NH+]C[C@@H]1CCCN1C[C@H](CC(C)C)NC[C@H](CC(C)C)NC[CH-]NC[C@@H](NC[CH-]NC[CH-]N)C(C)C)C(C)C. The molecule has 0 aromatic carbocycles. The number of carbonyl (C=O) groups excluding carboxylic acids is 1. The van der Waals surface area contributed by atoms with Crippen molar-refractivity contribution < 1.29 is 19.8 Å². The molecule has 2 rings (SSSR count). The van der Waals surface area contributed by atoms with Crippen LogP contribution in [0.15, 0.2) is 0 Å². The average Bonchev–Trinajstić information content (AvgIpc) is 1.83. The molecule has 2 aliphatic heterocycles. The van der Waals surface area contributed by atoms with Crippen molar-refractivity contribution in [3.8, 4) is 0 Å². The summed E-state index contributed by atoms with van der Waals surface area (Å²) in [4.78, 5) is 27.5. The largest absolute Gasteiger partial charge is 0.493 e. The Morgan fingerprint density at radius 1 is 0.474 bits per heavy atom. The molecule has 0 aromatic heterocycles. The van der Waals surface area contributed by atoms with E-state index in [0.29, 0.717) is 139 Å². The molecule has 2 fully saturated rings. The lowest BCUT2D eigenvalue weighted by Crippen LogP contribution is -2.75. The van der Waals surface area contributed by atoms with Gasteiger partial charge in [-0.3, -0.25) is 39.2 Å². The van der Waals surface area contributed by atoms with Gasteiger partial charge in [0.25, 0.3) is 0 Å². The van der Waals surface area contributed by atoms with Gasteiger partial charge in [-0.25, -0.2) is 9.98 Å². The van der Waals surface area contributed by atoms with Gasteiger partial charge >= 0.3 is 0 Å². The summed E-state index contributed by atoms with van der Waals surface area (Å²) in [5, 5.41) is 45.9. The molecule has 1 amide bonds. The Hall–Kier alpha value is -2.12. The number of amides is 1. The minimum Gasteiger partial charge on any atom is -0.493 e. The molecule has 0 bridgehead atoms. The standard InChI is InChI=1S/C77H159N19O/c1-57(2)40-66(46-82-29-32-86-68(42-59(5)6)48-90-67(41-58(3)4)47-85-36-39-95-37-20-23-73(95)52-94-75(64(15)16)54-81-26-19-24-77(79)97)91-50-70(44-61(9)10)93-55-76(65(17)18)89-35-31-83-51-72-22-21-38-96(72)56-71(45-62(11)12)92-49-69(43-60(7)8)87-33-30-84-53-74(63(13)14)88-34-28-80-27-25-78/h25-26,28-31,36,57-76,80,84-94H,19-24,27,32-35,37-56,78H2,1-18H3,(H2,79,97)/q-3/p+3/t66-,67-,68-,69-,70-,71-,72-,73-,74+,75+,76+/m0/s1. The molecule has 0 saturated carbocycles. The lowest BCUT2D eigenvalue weighted by molar-refractivity contribution is -0.460. The first-order valence-corrected chi connectivity index (χ1v) is 39.6. The molecule has 1 radical (unpaired) electrons. The van der Waals surface area contributed by atoms with Crippen LogP contribution in [0.4, 0.5) is 0 Å². The Bertz CT molecular complexity index is 1940. The molecule has 0 spiro atoms. The number of hydrogen-bond donors (Lipinski definition) is 17. The minimum absolute atomic E-state index is 0.255. The third-order valence-electron chi connectivity index (χ3n) is 19.3. The fourth-order valence-corrected chi connectivity index (χ4v) is 13.9. The molecule has 20 heteroatoms. The van der Waals surface area contributed by atoms with Crippen molar-refractivity contribution in [2.45, 2.75) is 268 Å². The summed E-state index contributed by atoms with van der Waals surface area (Å²) < 4.78 is 0. The topological polar surface area (TPSA) is 262 Å². The number of likely N-dealkylation sites (tertiary alicyclic amines) is 2. The molecular formula is C77H162N19O. The number of nitrogens with two attached hydrogens (primary N) is 2. The van der Waals surface area contributed by atoms with E-state index in [1.807, 2.05) is 12.8 Å². The summed E-state index contributed by atoms with van der Waals surface area (Å²) in [5.41, 5.74) is 10.8. The Morgan fingerprint density at radius 3 is 1.57 bits per heavy atom. The maximum Gasteiger partial charge on any atom is 0.217 e. The lowest BCUT2D eigenvalue weighted by Gasteiger charge is -2.32. The van der Waals surface area contributed by atoms with Crippen LogP contribution in [0.1, 0.15) is 202 Å². The van der Waals surface area contributed by atoms with E-state index in [2.05, 4.69) is 239 Å². The molecule has 0 aliphatic carbocycles. The van der Waals surface area contributed by atoms with Crippen LogP contribution >= 0.6 is 0 Å². The quantitative estimate of drug-likeness (QED) is 0.0236. The minimum atomic E-state index is -0.255. The highest BCUT2D eigenvalue weighted by atomic mass is 16.1. The lowest BCUT2D eigenvalue weighted by atomic mass is 9.99. The van der Waals surface area contributed by atoms with Crippen molar-refractivity contribution in [2.24, 2.45) is 64.7 Å². The zero-order valence-electron chi connectivity index (χ0n) is 66.0. The zero-order chi connectivity index (χ0) is 71.8. The van der Waals surface area contributed by atoms with Gasteiger partial charge in [-0.15, -0.1) is 19.6 Å². The van der Waals surface area contributed by atoms with Gasteiger partial charge in [0.1, 0.15) is 6.21 Å². The van der Waals surface area contributed by atoms with E-state index < -0.39 is 0 Å². The molecule has 20 nitrogen and oxygen atoms in total. The maximum atomic E-state index is 11.1. The highest BCUT2D eigenvalue weighted by Crippen LogP contribution is 2.20. The summed E-state index contributed by atoms with van der Waals surface area (Å²) in [5.74, 6) is 4.98. The van der Waals surface area contributed by atoms with Gasteiger partial charge in [0, 0.05) is 120 Å². The number of carbonyl (C=O) groups is 1. The smallest absolute Gasteiger partial charge is 0.217 e. The molecule has 2 saturated heterocycles. The van der Waals surface area contributed by atoms with Crippen LogP contribution in [0.3, 0.4) is 0 Å². The molecule has 571 valence electrons. The van der Waals surface area contributed by atoms with Crippen LogP contribution in [-0.4, -0.2) is 225 Å². The Labute approximate surface area is 598 Å². The average molecular weight is 1370 g/mol. The van der Waals surface area contributed by atoms with Crippen LogP contribution < -0.4 is 90.2 Å². The number of rotatable bonds is 64. The first kappa shape index (κ1) is 91.0. The van der Waals surface area contributed by atoms with Gasteiger partial charge < -0.3 is 75.3 Å². The number of hydrogen-bond acceptors (Lipinski definition) is 16. The fraction of sp³-hybridized carbons (Fsp3) is 0.896. The normalized spacial score (nSPS) is 19.2. The van der Waals surface area contributed by atoms with Crippen molar-refractivity contribution in [2.75, 3.05) is 124 Å². The second-order valence-electron chi connectivity index (χ2n) is 32.7. The third kappa shape index (κ3) is 47.7. The van der Waals surface area contributed by atoms with Gasteiger partial charge in [0.2, 0.25) is 5.91 Å². The van der Waals surface area contributed by atoms with Crippen LogP contribution in [0.25, 0.3) is 0 Å². The van der Waals surface area contributed by atoms with Crippen LogP contribution in [0.2, 0.25) is 0 Å². The van der Waals surface area contributed by atoms with E-state index >= 15 is 0 Å². The summed E-state index contributed by atoms with van der Waals surface area (Å²) >= 11 is 0. The number of nitrogens with zero attached hydrogens (tertiary/aromatic N) is 2. The van der Waals surface area contributed by atoms with E-state index in [1.54, 1.807) is 6.54 Å². The molecule has 11 atom stereocenters. The van der Waals surface area contributed by atoms with E-state index in [0.717, 1.165) is 143 Å². The van der Waals surface area contributed by atoms with E-state index in [4.69, 9.17) is 11.5 Å². The van der Waals surface area contributed by atoms with Gasteiger partial charge in [-0.05, 0) is 137 Å². The van der Waals surface area contributed by atoms with Crippen molar-refractivity contribution in [3.05, 3.63) is 26.2 Å². The zero-order valence-corrected chi connectivity index (χ0v) is 66.0. The highest BCUT2D eigenvalue weighted by Gasteiger charge is 2.30. The molecule has 0 unspecified atom stereocenters. The van der Waals surface area contributed by atoms with Gasteiger partial charge in [-0.1, -0.05) is 125 Å². The highest BCUT2D eigenvalue weighted by molar-refractivity contribution is 5.76. The second kappa shape index (κ2) is 56.4. The number of primary amides is 1. The predicted octanol–water partition coefficient (Wildman–Crippen LogP) is 1.88. The van der Waals surface area contributed by atoms with E-state index in [1.165, 1.54) is 38.6 Å². The van der Waals surface area contributed by atoms with Crippen molar-refractivity contribution >= 4 is 24.6 Å². The van der Waals surface area contributed by atoms with Crippen molar-refractivity contribution in [1.82, 2.24) is 73.6 Å². The first-order valence-electron chi connectivity index (χ1n) is 39.6. The van der Waals surface area contributed by atoms with E-state index in [9.17, 15) is 4.79 Å². The third-order valence-corrected chi connectivity index (χ3v) is 19.3. The predicted molar refractivity (Wildman–Crippen MR) is 416 cm³/mol. The second-order valence-corrected chi connectivity index (χ2v) is 32.7. The monoisotopic (exact) mass is 1370 g/mol. The molecule has 97 heavy (non-hydrogen) atoms. The Kier molecular flexibility index (Phi) is 52.8. The fourth-order valence-electron chi connectivity index (χ4n) is 13.9. The van der Waals surface area contributed by atoms with Gasteiger partial charge in [-0.2, -0.15) is 0 Å². The molecule has 2 aliphatic rings. The molecular weight excluding hydrogens is 1210 g/mol. The Morgan fingerprint density at radius 2 is 0.959 bits per heavy atom. The van der Waals surface area contributed by atoms with Crippen LogP contribution in [0.5, 0.6) is 0 Å². The van der Waals surface area contributed by atoms with Crippen LogP contribution in [0, 0.1) is 79.4 Å². The summed E-state index contributed by atoms with van der Waals surface area (Å²) in [6.45, 7) is 68.0.